The quantitative estimate of drug-likeness (QED) is 0.894. The fraction of sp³-hybridized carbons (Fsp3) is 0.333. The maximum atomic E-state index is 11.4. The second-order valence-electron chi connectivity index (χ2n) is 6.02. The number of halogens is 1. The van der Waals surface area contributed by atoms with Crippen LogP contribution in [0.5, 0.6) is 0 Å². The van der Waals surface area contributed by atoms with Crippen molar-refractivity contribution in [3.8, 4) is 0 Å². The molecular weight excluding hydrogens is 326 g/mol. The zero-order valence-corrected chi connectivity index (χ0v) is 13.7. The number of nitrogens with two attached hydrogens (primary N) is 1. The third kappa shape index (κ3) is 2.15. The molecule has 0 spiro atoms. The lowest BCUT2D eigenvalue weighted by Crippen LogP contribution is -2.50. The largest absolute Gasteiger partial charge is 0.384 e. The van der Waals surface area contributed by atoms with Crippen LogP contribution in [-0.2, 0) is 17.4 Å². The fourth-order valence-electron chi connectivity index (χ4n) is 3.65. The Morgan fingerprint density at radius 3 is 2.52 bits per heavy atom. The smallest absolute Gasteiger partial charge is 0.0977 e. The highest BCUT2D eigenvalue weighted by Crippen LogP contribution is 2.50. The second-order valence-corrected chi connectivity index (χ2v) is 6.94. The Balaban J connectivity index is 2.14. The van der Waals surface area contributed by atoms with Gasteiger partial charge in [-0.2, -0.15) is 0 Å². The Morgan fingerprint density at radius 1 is 1.19 bits per heavy atom. The summed E-state index contributed by atoms with van der Waals surface area (Å²) in [6, 6.07) is 16.2. The van der Waals surface area contributed by atoms with Crippen LogP contribution in [0.15, 0.2) is 53.0 Å². The molecule has 0 bridgehead atoms. The summed E-state index contributed by atoms with van der Waals surface area (Å²) < 4.78 is 1.01. The van der Waals surface area contributed by atoms with Gasteiger partial charge >= 0.3 is 0 Å². The average Bonchev–Trinajstić information content (AvgIpc) is 2.88. The van der Waals surface area contributed by atoms with Crippen molar-refractivity contribution in [3.05, 3.63) is 69.7 Å². The molecule has 0 saturated heterocycles. The minimum Gasteiger partial charge on any atom is -0.384 e. The first-order valence-electron chi connectivity index (χ1n) is 7.28. The lowest BCUT2D eigenvalue weighted by molar-refractivity contribution is -0.0259. The summed E-state index contributed by atoms with van der Waals surface area (Å²) in [5, 5.41) is 11.4. The highest BCUT2D eigenvalue weighted by atomic mass is 79.9. The number of rotatable bonds is 3. The molecule has 3 N–H and O–H groups in total. The lowest BCUT2D eigenvalue weighted by Gasteiger charge is -2.43. The summed E-state index contributed by atoms with van der Waals surface area (Å²) in [6.45, 7) is 2.33. The van der Waals surface area contributed by atoms with E-state index < -0.39 is 11.0 Å². The maximum Gasteiger partial charge on any atom is 0.0977 e. The first-order valence-corrected chi connectivity index (χ1v) is 8.07. The van der Waals surface area contributed by atoms with Crippen LogP contribution < -0.4 is 5.73 Å². The summed E-state index contributed by atoms with van der Waals surface area (Å²) in [7, 11) is 0. The molecule has 2 aromatic rings. The third-order valence-corrected chi connectivity index (χ3v) is 5.57. The summed E-state index contributed by atoms with van der Waals surface area (Å²) in [6.07, 6.45) is 1.85. The molecule has 2 unspecified atom stereocenters. The maximum absolute atomic E-state index is 11.4. The molecule has 110 valence electrons. The molecule has 21 heavy (non-hydrogen) atoms. The van der Waals surface area contributed by atoms with Crippen molar-refractivity contribution in [1.29, 1.82) is 0 Å². The van der Waals surface area contributed by atoms with Gasteiger partial charge in [-0.15, -0.1) is 0 Å². The van der Waals surface area contributed by atoms with Crippen LogP contribution in [0.3, 0.4) is 0 Å². The molecule has 3 heteroatoms. The second kappa shape index (κ2) is 5.24. The van der Waals surface area contributed by atoms with Crippen molar-refractivity contribution in [1.82, 2.24) is 0 Å². The van der Waals surface area contributed by atoms with Crippen LogP contribution in [0.2, 0.25) is 0 Å². The third-order valence-electron chi connectivity index (χ3n) is 5.04. The topological polar surface area (TPSA) is 46.2 Å². The molecule has 1 aliphatic rings. The number of fused-ring (bicyclic) bond motifs is 1. The summed E-state index contributed by atoms with van der Waals surface area (Å²) in [4.78, 5) is 0. The van der Waals surface area contributed by atoms with E-state index in [1.54, 1.807) is 0 Å². The van der Waals surface area contributed by atoms with Crippen LogP contribution in [0.1, 0.15) is 30.0 Å². The molecular formula is C18H20BrNO. The molecule has 0 fully saturated rings. The first kappa shape index (κ1) is 14.8. The molecule has 2 atom stereocenters. The van der Waals surface area contributed by atoms with Crippen LogP contribution in [0.4, 0.5) is 0 Å². The molecule has 0 aliphatic heterocycles. The normalized spacial score (nSPS) is 23.6. The minimum atomic E-state index is -0.991. The summed E-state index contributed by atoms with van der Waals surface area (Å²) in [5.41, 5.74) is 8.17. The Bertz CT molecular complexity index is 651. The van der Waals surface area contributed by atoms with E-state index in [9.17, 15) is 5.11 Å². The molecule has 0 saturated carbocycles. The molecule has 0 heterocycles. The van der Waals surface area contributed by atoms with E-state index in [1.165, 1.54) is 11.1 Å². The van der Waals surface area contributed by atoms with Crippen molar-refractivity contribution in [3.63, 3.8) is 0 Å². The lowest BCUT2D eigenvalue weighted by atomic mass is 9.66. The Kier molecular flexibility index (Phi) is 3.68. The van der Waals surface area contributed by atoms with Crippen LogP contribution in [0, 0.1) is 0 Å². The number of hydrogen-bond donors (Lipinski definition) is 2. The Morgan fingerprint density at radius 2 is 1.86 bits per heavy atom. The van der Waals surface area contributed by atoms with E-state index in [0.717, 1.165) is 22.9 Å². The highest BCUT2D eigenvalue weighted by Gasteiger charge is 2.51. The molecule has 1 aliphatic carbocycles. The van der Waals surface area contributed by atoms with Crippen molar-refractivity contribution in [2.75, 3.05) is 6.54 Å². The van der Waals surface area contributed by atoms with Crippen molar-refractivity contribution >= 4 is 15.9 Å². The van der Waals surface area contributed by atoms with Crippen molar-refractivity contribution < 1.29 is 5.11 Å². The highest BCUT2D eigenvalue weighted by molar-refractivity contribution is 9.10. The first-order chi connectivity index (χ1) is 10.0. The monoisotopic (exact) mass is 345 g/mol. The number of hydrogen-bond acceptors (Lipinski definition) is 2. The van der Waals surface area contributed by atoms with Gasteiger partial charge in [0.2, 0.25) is 0 Å². The molecule has 0 radical (unpaired) electrons. The predicted molar refractivity (Wildman–Crippen MR) is 89.2 cm³/mol. The summed E-state index contributed by atoms with van der Waals surface area (Å²) >= 11 is 3.45. The zero-order valence-electron chi connectivity index (χ0n) is 12.1. The van der Waals surface area contributed by atoms with Crippen LogP contribution >= 0.6 is 15.9 Å². The molecule has 0 amide bonds. The molecule has 2 aromatic carbocycles. The van der Waals surface area contributed by atoms with Gasteiger partial charge in [-0.1, -0.05) is 52.3 Å². The van der Waals surface area contributed by atoms with Crippen LogP contribution in [0.25, 0.3) is 0 Å². The van der Waals surface area contributed by atoms with Gasteiger partial charge < -0.3 is 10.8 Å². The Labute approximate surface area is 134 Å². The fourth-order valence-corrected chi connectivity index (χ4v) is 3.92. The van der Waals surface area contributed by atoms with Gasteiger partial charge in [-0.3, -0.25) is 0 Å². The standard InChI is InChI=1S/C18H20BrNO/c1-17(21,14-6-8-15(19)9-7-14)18(12-20)11-10-13-4-2-3-5-16(13)18/h2-9,21H,10-12,20H2,1H3. The molecule has 3 rings (SSSR count). The van der Waals surface area contributed by atoms with Gasteiger partial charge in [0.1, 0.15) is 0 Å². The zero-order chi connectivity index (χ0) is 15.1. The van der Waals surface area contributed by atoms with Crippen LogP contribution in [-0.4, -0.2) is 11.7 Å². The van der Waals surface area contributed by atoms with Gasteiger partial charge in [0.25, 0.3) is 0 Å². The van der Waals surface area contributed by atoms with Crippen molar-refractivity contribution in [2.45, 2.75) is 30.8 Å². The van der Waals surface area contributed by atoms with E-state index in [0.29, 0.717) is 6.54 Å². The van der Waals surface area contributed by atoms with Gasteiger partial charge in [-0.25, -0.2) is 0 Å². The number of aliphatic hydroxyl groups is 1. The van der Waals surface area contributed by atoms with E-state index >= 15 is 0 Å². The average molecular weight is 346 g/mol. The van der Waals surface area contributed by atoms with Gasteiger partial charge in [0.15, 0.2) is 0 Å². The van der Waals surface area contributed by atoms with E-state index in [2.05, 4.69) is 34.1 Å². The van der Waals surface area contributed by atoms with Crippen molar-refractivity contribution in [2.24, 2.45) is 5.73 Å². The molecule has 2 nitrogen and oxygen atoms in total. The predicted octanol–water partition coefficient (Wildman–Crippen LogP) is 3.50. The SMILES string of the molecule is CC(O)(c1ccc(Br)cc1)C1(CN)CCc2ccccc21. The Hall–Kier alpha value is -1.16. The number of benzene rings is 2. The number of aryl methyl sites for hydroxylation is 1. The molecule has 0 aromatic heterocycles. The van der Waals surface area contributed by atoms with Gasteiger partial charge in [-0.05, 0) is 48.6 Å². The van der Waals surface area contributed by atoms with Gasteiger partial charge in [0.05, 0.1) is 5.60 Å². The van der Waals surface area contributed by atoms with Gasteiger partial charge in [0, 0.05) is 16.4 Å². The minimum absolute atomic E-state index is 0.419. The van der Waals surface area contributed by atoms with E-state index in [-0.39, 0.29) is 0 Å². The van der Waals surface area contributed by atoms with E-state index in [1.807, 2.05) is 37.3 Å². The summed E-state index contributed by atoms with van der Waals surface area (Å²) in [5.74, 6) is 0. The van der Waals surface area contributed by atoms with E-state index in [4.69, 9.17) is 5.73 Å².